The summed E-state index contributed by atoms with van der Waals surface area (Å²) in [5.74, 6) is 0. The molecular formula is C17H23N5O6S2. The SMILES string of the molecule is Cc1nn(C)c(C)c1S(=O)(=O)N1CCCN(S(=O)(=O)c2ccccc2[N+](=O)[O-])CC1. The fourth-order valence-electron chi connectivity index (χ4n) is 3.57. The Morgan fingerprint density at radius 1 is 0.967 bits per heavy atom. The number of para-hydroxylation sites is 1. The molecule has 11 nitrogen and oxygen atoms in total. The Labute approximate surface area is 175 Å². The highest BCUT2D eigenvalue weighted by molar-refractivity contribution is 7.89. The Morgan fingerprint density at radius 2 is 1.53 bits per heavy atom. The molecule has 1 aromatic carbocycles. The third-order valence-electron chi connectivity index (χ3n) is 5.13. The van der Waals surface area contributed by atoms with Gasteiger partial charge in [-0.15, -0.1) is 0 Å². The number of benzene rings is 1. The van der Waals surface area contributed by atoms with Crippen LogP contribution >= 0.6 is 0 Å². The first-order valence-electron chi connectivity index (χ1n) is 9.22. The second kappa shape index (κ2) is 8.06. The zero-order chi connectivity index (χ0) is 22.3. The van der Waals surface area contributed by atoms with E-state index < -0.39 is 35.6 Å². The van der Waals surface area contributed by atoms with Gasteiger partial charge in [-0.25, -0.2) is 16.8 Å². The average molecular weight is 458 g/mol. The predicted octanol–water partition coefficient (Wildman–Crippen LogP) is 1.03. The second-order valence-electron chi connectivity index (χ2n) is 7.01. The first-order chi connectivity index (χ1) is 14.0. The van der Waals surface area contributed by atoms with Crippen LogP contribution in [0, 0.1) is 24.0 Å². The van der Waals surface area contributed by atoms with E-state index in [0.29, 0.717) is 11.4 Å². The molecule has 1 aliphatic rings. The van der Waals surface area contributed by atoms with Crippen LogP contribution in [0.25, 0.3) is 0 Å². The van der Waals surface area contributed by atoms with Crippen LogP contribution in [0.3, 0.4) is 0 Å². The maximum atomic E-state index is 13.2. The lowest BCUT2D eigenvalue weighted by Crippen LogP contribution is -2.37. The minimum Gasteiger partial charge on any atom is -0.271 e. The van der Waals surface area contributed by atoms with Crippen molar-refractivity contribution in [2.45, 2.75) is 30.1 Å². The van der Waals surface area contributed by atoms with Crippen molar-refractivity contribution in [3.05, 3.63) is 45.8 Å². The second-order valence-corrected chi connectivity index (χ2v) is 10.8. The van der Waals surface area contributed by atoms with Crippen LogP contribution in [-0.2, 0) is 27.1 Å². The third kappa shape index (κ3) is 3.85. The van der Waals surface area contributed by atoms with Gasteiger partial charge in [0.2, 0.25) is 20.0 Å². The summed E-state index contributed by atoms with van der Waals surface area (Å²) in [6, 6.07) is 5.14. The maximum Gasteiger partial charge on any atom is 0.289 e. The lowest BCUT2D eigenvalue weighted by Gasteiger charge is -2.21. The van der Waals surface area contributed by atoms with Gasteiger partial charge in [0.25, 0.3) is 5.69 Å². The third-order valence-corrected chi connectivity index (χ3v) is 9.23. The van der Waals surface area contributed by atoms with Gasteiger partial charge in [-0.1, -0.05) is 12.1 Å². The van der Waals surface area contributed by atoms with Crippen molar-refractivity contribution in [3.8, 4) is 0 Å². The van der Waals surface area contributed by atoms with Gasteiger partial charge in [0.15, 0.2) is 4.90 Å². The zero-order valence-electron chi connectivity index (χ0n) is 16.8. The van der Waals surface area contributed by atoms with Crippen LogP contribution < -0.4 is 0 Å². The molecule has 1 fully saturated rings. The van der Waals surface area contributed by atoms with Crippen molar-refractivity contribution in [2.24, 2.45) is 7.05 Å². The molecule has 1 saturated heterocycles. The van der Waals surface area contributed by atoms with Gasteiger partial charge in [-0.2, -0.15) is 13.7 Å². The molecule has 13 heteroatoms. The molecule has 2 aromatic rings. The number of hydrogen-bond acceptors (Lipinski definition) is 7. The van der Waals surface area contributed by atoms with Crippen LogP contribution in [0.4, 0.5) is 5.69 Å². The first kappa shape index (κ1) is 22.3. The monoisotopic (exact) mass is 457 g/mol. The largest absolute Gasteiger partial charge is 0.289 e. The lowest BCUT2D eigenvalue weighted by atomic mass is 10.3. The van der Waals surface area contributed by atoms with Gasteiger partial charge in [0, 0.05) is 39.3 Å². The Bertz CT molecular complexity index is 1190. The van der Waals surface area contributed by atoms with Crippen molar-refractivity contribution in [1.82, 2.24) is 18.4 Å². The molecule has 3 rings (SSSR count). The van der Waals surface area contributed by atoms with Crippen LogP contribution in [0.15, 0.2) is 34.1 Å². The van der Waals surface area contributed by atoms with E-state index in [1.807, 2.05) is 0 Å². The van der Waals surface area contributed by atoms with E-state index in [0.717, 1.165) is 10.4 Å². The van der Waals surface area contributed by atoms with Crippen molar-refractivity contribution in [2.75, 3.05) is 26.2 Å². The molecule has 164 valence electrons. The molecule has 0 radical (unpaired) electrons. The predicted molar refractivity (Wildman–Crippen MR) is 108 cm³/mol. The van der Waals surface area contributed by atoms with Crippen LogP contribution in [0.1, 0.15) is 17.8 Å². The normalized spacial score (nSPS) is 17.0. The van der Waals surface area contributed by atoms with Gasteiger partial charge in [-0.3, -0.25) is 14.8 Å². The number of sulfonamides is 2. The summed E-state index contributed by atoms with van der Waals surface area (Å²) in [7, 11) is -6.36. The summed E-state index contributed by atoms with van der Waals surface area (Å²) in [4.78, 5) is 10.2. The van der Waals surface area contributed by atoms with E-state index >= 15 is 0 Å². The number of rotatable bonds is 5. The molecule has 0 spiro atoms. The van der Waals surface area contributed by atoms with Crippen molar-refractivity contribution in [1.29, 1.82) is 0 Å². The van der Waals surface area contributed by atoms with Crippen molar-refractivity contribution < 1.29 is 21.8 Å². The standard InChI is InChI=1S/C17H23N5O6S2/c1-13-17(14(2)19(3)18-13)30(27,28)21-10-6-9-20(11-12-21)29(25,26)16-8-5-4-7-15(16)22(23)24/h4-5,7-8H,6,9-12H2,1-3H3. The lowest BCUT2D eigenvalue weighted by molar-refractivity contribution is -0.387. The van der Waals surface area contributed by atoms with Gasteiger partial charge < -0.3 is 0 Å². The minimum atomic E-state index is -4.15. The average Bonchev–Trinajstić information content (AvgIpc) is 2.86. The Hall–Kier alpha value is -2.35. The number of aromatic nitrogens is 2. The summed E-state index contributed by atoms with van der Waals surface area (Å²) in [5, 5.41) is 15.4. The molecule has 0 N–H and O–H groups in total. The number of nitrogens with zero attached hydrogens (tertiary/aromatic N) is 5. The van der Waals surface area contributed by atoms with E-state index in [1.54, 1.807) is 20.9 Å². The van der Waals surface area contributed by atoms with E-state index in [-0.39, 0.29) is 37.5 Å². The van der Waals surface area contributed by atoms with Gasteiger partial charge >= 0.3 is 0 Å². The van der Waals surface area contributed by atoms with E-state index in [4.69, 9.17) is 0 Å². The Balaban J connectivity index is 1.89. The quantitative estimate of drug-likeness (QED) is 0.483. The minimum absolute atomic E-state index is 0.0596. The fraction of sp³-hybridized carbons (Fsp3) is 0.471. The summed E-state index contributed by atoms with van der Waals surface area (Å²) in [5.41, 5.74) is 0.373. The Morgan fingerprint density at radius 3 is 2.07 bits per heavy atom. The van der Waals surface area contributed by atoms with E-state index in [2.05, 4.69) is 5.10 Å². The molecule has 0 aliphatic carbocycles. The highest BCUT2D eigenvalue weighted by Gasteiger charge is 2.36. The van der Waals surface area contributed by atoms with Crippen molar-refractivity contribution >= 4 is 25.7 Å². The molecule has 0 bridgehead atoms. The van der Waals surface area contributed by atoms with Gasteiger partial charge in [-0.05, 0) is 26.3 Å². The molecule has 2 heterocycles. The molecule has 0 amide bonds. The van der Waals surface area contributed by atoms with Crippen LogP contribution in [0.2, 0.25) is 0 Å². The zero-order valence-corrected chi connectivity index (χ0v) is 18.5. The molecule has 1 aromatic heterocycles. The highest BCUT2D eigenvalue weighted by Crippen LogP contribution is 2.28. The highest BCUT2D eigenvalue weighted by atomic mass is 32.2. The smallest absolute Gasteiger partial charge is 0.271 e. The Kier molecular flexibility index (Phi) is 6.00. The van der Waals surface area contributed by atoms with Crippen LogP contribution in [-0.4, -0.2) is 66.3 Å². The summed E-state index contributed by atoms with van der Waals surface area (Å²) in [6.45, 7) is 3.31. The summed E-state index contributed by atoms with van der Waals surface area (Å²) >= 11 is 0. The molecule has 30 heavy (non-hydrogen) atoms. The molecular weight excluding hydrogens is 434 g/mol. The molecule has 1 aliphatic heterocycles. The first-order valence-corrected chi connectivity index (χ1v) is 12.1. The summed E-state index contributed by atoms with van der Waals surface area (Å²) in [6.07, 6.45) is 0.261. The van der Waals surface area contributed by atoms with E-state index in [1.165, 1.54) is 27.2 Å². The number of hydrogen-bond donors (Lipinski definition) is 0. The number of nitro benzene ring substituents is 1. The van der Waals surface area contributed by atoms with Crippen LogP contribution in [0.5, 0.6) is 0 Å². The summed E-state index contributed by atoms with van der Waals surface area (Å²) < 4.78 is 56.3. The molecule has 0 saturated carbocycles. The van der Waals surface area contributed by atoms with E-state index in [9.17, 15) is 26.9 Å². The van der Waals surface area contributed by atoms with Gasteiger partial charge in [0.1, 0.15) is 4.90 Å². The van der Waals surface area contributed by atoms with Gasteiger partial charge in [0.05, 0.1) is 16.3 Å². The number of nitro groups is 1. The molecule has 0 unspecified atom stereocenters. The fourth-order valence-corrected chi connectivity index (χ4v) is 7.07. The topological polar surface area (TPSA) is 136 Å². The number of aryl methyl sites for hydroxylation is 2. The molecule has 0 atom stereocenters. The maximum absolute atomic E-state index is 13.2. The van der Waals surface area contributed by atoms with Crippen molar-refractivity contribution in [3.63, 3.8) is 0 Å².